The molecule has 1 atom stereocenters. The number of rotatable bonds is 3. The summed E-state index contributed by atoms with van der Waals surface area (Å²) < 4.78 is 0. The van der Waals surface area contributed by atoms with Crippen LogP contribution < -0.4 is 5.32 Å². The van der Waals surface area contributed by atoms with Crippen molar-refractivity contribution in [2.75, 3.05) is 0 Å². The molecule has 0 saturated heterocycles. The molecule has 0 aromatic heterocycles. The Morgan fingerprint density at radius 3 is 2.28 bits per heavy atom. The van der Waals surface area contributed by atoms with Crippen LogP contribution in [0.5, 0.6) is 0 Å². The molecule has 1 unspecified atom stereocenters. The van der Waals surface area contributed by atoms with E-state index in [9.17, 15) is 4.79 Å². The molecule has 4 rings (SSSR count). The topological polar surface area (TPSA) is 29.1 Å². The molecule has 4 aliphatic carbocycles. The van der Waals surface area contributed by atoms with Gasteiger partial charge in [0.15, 0.2) is 0 Å². The Morgan fingerprint density at radius 2 is 1.78 bits per heavy atom. The van der Waals surface area contributed by atoms with Crippen molar-refractivity contribution in [3.63, 3.8) is 0 Å². The molecule has 0 spiro atoms. The Labute approximate surface area is 110 Å². The number of terminal acetylenes is 1. The summed E-state index contributed by atoms with van der Waals surface area (Å²) >= 11 is 0. The van der Waals surface area contributed by atoms with Crippen molar-refractivity contribution in [2.24, 2.45) is 29.6 Å². The van der Waals surface area contributed by atoms with Crippen LogP contribution in [0, 0.1) is 41.9 Å². The molecule has 18 heavy (non-hydrogen) atoms. The van der Waals surface area contributed by atoms with Crippen LogP contribution in [0.25, 0.3) is 0 Å². The molecule has 0 radical (unpaired) electrons. The first-order valence-electron chi connectivity index (χ1n) is 7.41. The number of hydrogen-bond donors (Lipinski definition) is 1. The molecule has 98 valence electrons. The van der Waals surface area contributed by atoms with Crippen LogP contribution in [-0.2, 0) is 4.79 Å². The normalized spacial score (nSPS) is 42.3. The third kappa shape index (κ3) is 2.05. The summed E-state index contributed by atoms with van der Waals surface area (Å²) in [6.45, 7) is 2.01. The predicted octanol–water partition coefficient (Wildman–Crippen LogP) is 2.59. The molecule has 0 aromatic carbocycles. The Hall–Kier alpha value is -0.970. The molecule has 4 aliphatic rings. The Morgan fingerprint density at radius 1 is 1.22 bits per heavy atom. The Kier molecular flexibility index (Phi) is 3.09. The van der Waals surface area contributed by atoms with Crippen molar-refractivity contribution >= 4 is 5.91 Å². The van der Waals surface area contributed by atoms with Crippen molar-refractivity contribution in [1.29, 1.82) is 0 Å². The van der Waals surface area contributed by atoms with E-state index in [1.54, 1.807) is 0 Å². The highest BCUT2D eigenvalue weighted by atomic mass is 16.2. The van der Waals surface area contributed by atoms with Gasteiger partial charge in [0.2, 0.25) is 5.91 Å². The Balaban J connectivity index is 1.66. The van der Waals surface area contributed by atoms with Gasteiger partial charge in [0.05, 0.1) is 0 Å². The average Bonchev–Trinajstić information content (AvgIpc) is 2.27. The minimum Gasteiger partial charge on any atom is -0.352 e. The van der Waals surface area contributed by atoms with Gasteiger partial charge in [-0.05, 0) is 62.7 Å². The number of carbonyl (C=O) groups excluding carboxylic acids is 1. The average molecular weight is 245 g/mol. The maximum Gasteiger partial charge on any atom is 0.223 e. The van der Waals surface area contributed by atoms with Crippen molar-refractivity contribution in [1.82, 2.24) is 5.32 Å². The fraction of sp³-hybridized carbons (Fsp3) is 0.812. The molecule has 1 amide bonds. The van der Waals surface area contributed by atoms with E-state index in [-0.39, 0.29) is 17.9 Å². The van der Waals surface area contributed by atoms with E-state index >= 15 is 0 Å². The minimum atomic E-state index is 0.125. The van der Waals surface area contributed by atoms with Crippen LogP contribution in [0.3, 0.4) is 0 Å². The van der Waals surface area contributed by atoms with Gasteiger partial charge in [-0.2, -0.15) is 0 Å². The third-order valence-corrected chi connectivity index (χ3v) is 5.34. The van der Waals surface area contributed by atoms with E-state index in [4.69, 9.17) is 6.42 Å². The van der Waals surface area contributed by atoms with E-state index in [0.29, 0.717) is 18.3 Å². The maximum atomic E-state index is 12.4. The lowest BCUT2D eigenvalue weighted by Gasteiger charge is -2.53. The van der Waals surface area contributed by atoms with Crippen LogP contribution in [0.4, 0.5) is 0 Å². The summed E-state index contributed by atoms with van der Waals surface area (Å²) in [7, 11) is 0. The predicted molar refractivity (Wildman–Crippen MR) is 71.6 cm³/mol. The number of amides is 1. The summed E-state index contributed by atoms with van der Waals surface area (Å²) in [5.41, 5.74) is 0. The van der Waals surface area contributed by atoms with Crippen molar-refractivity contribution in [3.05, 3.63) is 0 Å². The molecule has 2 heteroatoms. The fourth-order valence-electron chi connectivity index (χ4n) is 4.92. The molecule has 0 aromatic rings. The lowest BCUT2D eigenvalue weighted by atomic mass is 9.51. The lowest BCUT2D eigenvalue weighted by Crippen LogP contribution is -2.52. The summed E-state index contributed by atoms with van der Waals surface area (Å²) in [5.74, 6) is 6.39. The minimum absolute atomic E-state index is 0.125. The van der Waals surface area contributed by atoms with Crippen LogP contribution in [0.2, 0.25) is 0 Å². The SMILES string of the molecule is C#CCC(C)NC(=O)C1C2CC3CC(C2)CC1C3. The van der Waals surface area contributed by atoms with Crippen LogP contribution in [0.1, 0.15) is 45.4 Å². The summed E-state index contributed by atoms with van der Waals surface area (Å²) in [5, 5.41) is 3.13. The van der Waals surface area contributed by atoms with Crippen LogP contribution in [0.15, 0.2) is 0 Å². The zero-order valence-corrected chi connectivity index (χ0v) is 11.2. The smallest absolute Gasteiger partial charge is 0.223 e. The quantitative estimate of drug-likeness (QED) is 0.761. The monoisotopic (exact) mass is 245 g/mol. The van der Waals surface area contributed by atoms with Gasteiger partial charge in [-0.25, -0.2) is 0 Å². The first kappa shape index (κ1) is 12.1. The van der Waals surface area contributed by atoms with Gasteiger partial charge in [0.1, 0.15) is 0 Å². The van der Waals surface area contributed by atoms with E-state index in [1.807, 2.05) is 6.92 Å². The molecule has 1 N–H and O–H groups in total. The Bertz CT molecular complexity index is 353. The van der Waals surface area contributed by atoms with E-state index in [2.05, 4.69) is 11.2 Å². The number of nitrogens with one attached hydrogen (secondary N) is 1. The largest absolute Gasteiger partial charge is 0.352 e. The third-order valence-electron chi connectivity index (χ3n) is 5.34. The molecule has 4 bridgehead atoms. The summed E-state index contributed by atoms with van der Waals surface area (Å²) in [4.78, 5) is 12.4. The van der Waals surface area contributed by atoms with Crippen molar-refractivity contribution in [2.45, 2.75) is 51.5 Å². The maximum absolute atomic E-state index is 12.4. The van der Waals surface area contributed by atoms with Gasteiger partial charge in [-0.15, -0.1) is 12.3 Å². The standard InChI is InChI=1S/C16H23NO/c1-3-4-10(2)17-16(18)15-13-6-11-5-12(8-13)9-14(15)7-11/h1,10-15H,4-9H2,2H3,(H,17,18). The van der Waals surface area contributed by atoms with Gasteiger partial charge in [0, 0.05) is 18.4 Å². The second-order valence-corrected chi connectivity index (χ2v) is 6.77. The highest BCUT2D eigenvalue weighted by Gasteiger charge is 2.50. The lowest BCUT2D eigenvalue weighted by molar-refractivity contribution is -0.138. The fourth-order valence-corrected chi connectivity index (χ4v) is 4.92. The molecular weight excluding hydrogens is 222 g/mol. The summed E-state index contributed by atoms with van der Waals surface area (Å²) in [6.07, 6.45) is 12.6. The van der Waals surface area contributed by atoms with Crippen LogP contribution in [-0.4, -0.2) is 11.9 Å². The zero-order chi connectivity index (χ0) is 12.7. The molecule has 4 saturated carbocycles. The van der Waals surface area contributed by atoms with Crippen molar-refractivity contribution < 1.29 is 4.79 Å². The molecule has 4 fully saturated rings. The highest BCUT2D eigenvalue weighted by Crippen LogP contribution is 2.56. The highest BCUT2D eigenvalue weighted by molar-refractivity contribution is 5.80. The second-order valence-electron chi connectivity index (χ2n) is 6.77. The van der Waals surface area contributed by atoms with E-state index in [0.717, 1.165) is 11.8 Å². The van der Waals surface area contributed by atoms with E-state index < -0.39 is 0 Å². The van der Waals surface area contributed by atoms with Gasteiger partial charge < -0.3 is 5.32 Å². The second kappa shape index (κ2) is 4.61. The van der Waals surface area contributed by atoms with Crippen molar-refractivity contribution in [3.8, 4) is 12.3 Å². The van der Waals surface area contributed by atoms with E-state index in [1.165, 1.54) is 32.1 Å². The number of hydrogen-bond acceptors (Lipinski definition) is 1. The molecule has 0 heterocycles. The zero-order valence-electron chi connectivity index (χ0n) is 11.2. The molecule has 0 aliphatic heterocycles. The van der Waals surface area contributed by atoms with Gasteiger partial charge >= 0.3 is 0 Å². The number of carbonyl (C=O) groups is 1. The van der Waals surface area contributed by atoms with Gasteiger partial charge in [-0.3, -0.25) is 4.79 Å². The van der Waals surface area contributed by atoms with Crippen LogP contribution >= 0.6 is 0 Å². The first-order valence-corrected chi connectivity index (χ1v) is 7.41. The first-order chi connectivity index (χ1) is 8.67. The van der Waals surface area contributed by atoms with Gasteiger partial charge in [-0.1, -0.05) is 0 Å². The summed E-state index contributed by atoms with van der Waals surface area (Å²) in [6, 6.07) is 0.125. The molecule has 2 nitrogen and oxygen atoms in total. The van der Waals surface area contributed by atoms with Gasteiger partial charge in [0.25, 0.3) is 0 Å². The molecular formula is C16H23NO.